The number of hydrogen-bond acceptors (Lipinski definition) is 2. The summed E-state index contributed by atoms with van der Waals surface area (Å²) in [5.74, 6) is -0.312. The minimum absolute atomic E-state index is 0.181. The summed E-state index contributed by atoms with van der Waals surface area (Å²) in [5, 5.41) is 2.87. The Bertz CT molecular complexity index is 370. The highest BCUT2D eigenvalue weighted by molar-refractivity contribution is 9.10. The zero-order valence-corrected chi connectivity index (χ0v) is 10.2. The van der Waals surface area contributed by atoms with E-state index in [9.17, 15) is 17.6 Å². The van der Waals surface area contributed by atoms with Gasteiger partial charge in [0.1, 0.15) is 5.75 Å². The molecule has 1 N–H and O–H groups in total. The van der Waals surface area contributed by atoms with Gasteiger partial charge in [0.15, 0.2) is 0 Å². The van der Waals surface area contributed by atoms with Crippen LogP contribution >= 0.6 is 15.9 Å². The summed E-state index contributed by atoms with van der Waals surface area (Å²) >= 11 is 2.97. The fourth-order valence-electron chi connectivity index (χ4n) is 1.12. The topological polar surface area (TPSA) is 21.3 Å². The summed E-state index contributed by atoms with van der Waals surface area (Å²) in [6, 6.07) is 4.07. The Hall–Kier alpha value is -0.980. The van der Waals surface area contributed by atoms with E-state index < -0.39 is 13.0 Å². The van der Waals surface area contributed by atoms with Gasteiger partial charge in [-0.05, 0) is 40.5 Å². The average molecular weight is 316 g/mol. The van der Waals surface area contributed by atoms with Gasteiger partial charge in [-0.2, -0.15) is 0 Å². The van der Waals surface area contributed by atoms with Crippen molar-refractivity contribution in [2.75, 3.05) is 18.5 Å². The molecular formula is C10H10BrF4NO. The molecule has 2 nitrogen and oxygen atoms in total. The Morgan fingerprint density at radius 3 is 2.53 bits per heavy atom. The Labute approximate surface area is 104 Å². The van der Waals surface area contributed by atoms with Crippen molar-refractivity contribution >= 4 is 21.6 Å². The summed E-state index contributed by atoms with van der Waals surface area (Å²) in [5.41, 5.74) is 0.597. The van der Waals surface area contributed by atoms with Crippen molar-refractivity contribution in [3.63, 3.8) is 0 Å². The van der Waals surface area contributed by atoms with Crippen molar-refractivity contribution in [2.45, 2.75) is 12.8 Å². The standard InChI is InChI=1S/C10H10BrF4NO/c11-8-6-7(16-5-1-4-12)2-3-9(8)17-10(13,14)15/h2-3,6,16H,1,4-5H2. The van der Waals surface area contributed by atoms with E-state index in [-0.39, 0.29) is 10.2 Å². The number of nitrogens with one attached hydrogen (secondary N) is 1. The van der Waals surface area contributed by atoms with Gasteiger partial charge < -0.3 is 10.1 Å². The molecule has 0 saturated carbocycles. The highest BCUT2D eigenvalue weighted by Gasteiger charge is 2.31. The Morgan fingerprint density at radius 2 is 2.00 bits per heavy atom. The van der Waals surface area contributed by atoms with Crippen molar-refractivity contribution in [1.82, 2.24) is 0 Å². The van der Waals surface area contributed by atoms with Crippen molar-refractivity contribution in [2.24, 2.45) is 0 Å². The van der Waals surface area contributed by atoms with Crippen LogP contribution in [-0.2, 0) is 0 Å². The average Bonchev–Trinajstić information content (AvgIpc) is 2.21. The molecule has 0 aliphatic rings. The molecule has 0 spiro atoms. The minimum Gasteiger partial charge on any atom is -0.405 e. The number of alkyl halides is 4. The summed E-state index contributed by atoms with van der Waals surface area (Å²) in [7, 11) is 0. The van der Waals surface area contributed by atoms with Crippen LogP contribution in [0.4, 0.5) is 23.2 Å². The number of rotatable bonds is 5. The third kappa shape index (κ3) is 5.25. The monoisotopic (exact) mass is 315 g/mol. The van der Waals surface area contributed by atoms with Gasteiger partial charge in [0.05, 0.1) is 11.1 Å². The van der Waals surface area contributed by atoms with E-state index in [0.717, 1.165) is 0 Å². The molecule has 0 unspecified atom stereocenters. The Kier molecular flexibility index (Phi) is 5.04. The molecule has 7 heteroatoms. The van der Waals surface area contributed by atoms with Crippen molar-refractivity contribution in [1.29, 1.82) is 0 Å². The predicted molar refractivity (Wildman–Crippen MR) is 59.9 cm³/mol. The minimum atomic E-state index is -4.72. The van der Waals surface area contributed by atoms with E-state index in [1.165, 1.54) is 18.2 Å². The fraction of sp³-hybridized carbons (Fsp3) is 0.400. The molecule has 0 fully saturated rings. The zero-order valence-electron chi connectivity index (χ0n) is 8.65. The van der Waals surface area contributed by atoms with E-state index in [2.05, 4.69) is 26.0 Å². The van der Waals surface area contributed by atoms with Gasteiger partial charge in [0, 0.05) is 12.2 Å². The zero-order chi connectivity index (χ0) is 12.9. The lowest BCUT2D eigenvalue weighted by Crippen LogP contribution is -2.17. The molecule has 96 valence electrons. The first-order valence-corrected chi connectivity index (χ1v) is 5.57. The Balaban J connectivity index is 2.66. The van der Waals surface area contributed by atoms with Crippen LogP contribution in [0.5, 0.6) is 5.75 Å². The van der Waals surface area contributed by atoms with Gasteiger partial charge in [0.2, 0.25) is 0 Å². The Morgan fingerprint density at radius 1 is 1.29 bits per heavy atom. The van der Waals surface area contributed by atoms with Crippen LogP contribution in [-0.4, -0.2) is 19.6 Å². The normalized spacial score (nSPS) is 11.4. The quantitative estimate of drug-likeness (QED) is 0.652. The van der Waals surface area contributed by atoms with E-state index in [0.29, 0.717) is 18.7 Å². The largest absolute Gasteiger partial charge is 0.573 e. The number of ether oxygens (including phenoxy) is 1. The number of benzene rings is 1. The van der Waals surface area contributed by atoms with E-state index in [1.54, 1.807) is 0 Å². The van der Waals surface area contributed by atoms with Gasteiger partial charge >= 0.3 is 6.36 Å². The predicted octanol–water partition coefficient (Wildman–Crippen LogP) is 4.12. The molecule has 0 radical (unpaired) electrons. The summed E-state index contributed by atoms with van der Waals surface area (Å²) < 4.78 is 51.7. The molecule has 0 atom stereocenters. The van der Waals surface area contributed by atoms with Crippen LogP contribution in [0, 0.1) is 0 Å². The molecule has 0 saturated heterocycles. The molecule has 0 heterocycles. The van der Waals surface area contributed by atoms with Crippen molar-refractivity contribution in [3.05, 3.63) is 22.7 Å². The number of anilines is 1. The molecule has 17 heavy (non-hydrogen) atoms. The summed E-state index contributed by atoms with van der Waals surface area (Å²) in [6.07, 6.45) is -4.37. The molecule has 1 aromatic carbocycles. The van der Waals surface area contributed by atoms with Gasteiger partial charge in [-0.1, -0.05) is 0 Å². The SMILES string of the molecule is FCCCNc1ccc(OC(F)(F)F)c(Br)c1. The lowest BCUT2D eigenvalue weighted by Gasteiger charge is -2.12. The summed E-state index contributed by atoms with van der Waals surface area (Å²) in [6.45, 7) is -0.0220. The van der Waals surface area contributed by atoms with Gasteiger partial charge in [-0.25, -0.2) is 0 Å². The smallest absolute Gasteiger partial charge is 0.405 e. The summed E-state index contributed by atoms with van der Waals surface area (Å²) in [4.78, 5) is 0. The van der Waals surface area contributed by atoms with Crippen LogP contribution in [0.3, 0.4) is 0 Å². The molecule has 0 bridgehead atoms. The lowest BCUT2D eigenvalue weighted by molar-refractivity contribution is -0.274. The van der Waals surface area contributed by atoms with Gasteiger partial charge in [0.25, 0.3) is 0 Å². The number of hydrogen-bond donors (Lipinski definition) is 1. The van der Waals surface area contributed by atoms with Crippen LogP contribution in [0.15, 0.2) is 22.7 Å². The second-order valence-corrected chi connectivity index (χ2v) is 4.02. The maximum Gasteiger partial charge on any atom is 0.573 e. The molecule has 0 aromatic heterocycles. The van der Waals surface area contributed by atoms with Crippen LogP contribution in [0.2, 0.25) is 0 Å². The molecular weight excluding hydrogens is 306 g/mol. The third-order valence-electron chi connectivity index (χ3n) is 1.80. The van der Waals surface area contributed by atoms with Crippen molar-refractivity contribution in [3.8, 4) is 5.75 Å². The van der Waals surface area contributed by atoms with E-state index in [1.807, 2.05) is 0 Å². The first kappa shape index (κ1) is 14.1. The maximum absolute atomic E-state index is 12.0. The second kappa shape index (κ2) is 6.09. The molecule has 0 amide bonds. The van der Waals surface area contributed by atoms with Gasteiger partial charge in [-0.15, -0.1) is 13.2 Å². The third-order valence-corrected chi connectivity index (χ3v) is 2.42. The number of halogens is 5. The van der Waals surface area contributed by atoms with Crippen LogP contribution in [0.1, 0.15) is 6.42 Å². The van der Waals surface area contributed by atoms with Crippen molar-refractivity contribution < 1.29 is 22.3 Å². The van der Waals surface area contributed by atoms with E-state index in [4.69, 9.17) is 0 Å². The highest BCUT2D eigenvalue weighted by atomic mass is 79.9. The van der Waals surface area contributed by atoms with Crippen LogP contribution in [0.25, 0.3) is 0 Å². The highest BCUT2D eigenvalue weighted by Crippen LogP contribution is 2.32. The fourth-order valence-corrected chi connectivity index (χ4v) is 1.58. The maximum atomic E-state index is 12.0. The molecule has 1 aromatic rings. The van der Waals surface area contributed by atoms with E-state index >= 15 is 0 Å². The first-order valence-electron chi connectivity index (χ1n) is 4.77. The van der Waals surface area contributed by atoms with Crippen LogP contribution < -0.4 is 10.1 Å². The van der Waals surface area contributed by atoms with Gasteiger partial charge in [-0.3, -0.25) is 4.39 Å². The molecule has 1 rings (SSSR count). The molecule has 0 aliphatic heterocycles. The lowest BCUT2D eigenvalue weighted by atomic mass is 10.3. The molecule has 0 aliphatic carbocycles. The second-order valence-electron chi connectivity index (χ2n) is 3.16. The first-order chi connectivity index (χ1) is 7.92.